The van der Waals surface area contributed by atoms with Crippen molar-refractivity contribution in [1.82, 2.24) is 15.1 Å². The molecule has 1 unspecified atom stereocenters. The van der Waals surface area contributed by atoms with Crippen molar-refractivity contribution in [2.24, 2.45) is 0 Å². The largest absolute Gasteiger partial charge is 0.460 e. The molecule has 3 rings (SSSR count). The van der Waals surface area contributed by atoms with Crippen molar-refractivity contribution in [2.75, 3.05) is 27.2 Å². The summed E-state index contributed by atoms with van der Waals surface area (Å²) in [5, 5.41) is 4.56. The molecule has 2 aromatic rings. The molecule has 1 aromatic carbocycles. The molecule has 2 heterocycles. The second-order valence-electron chi connectivity index (χ2n) is 5.88. The number of rotatable bonds is 6. The third-order valence-electron chi connectivity index (χ3n) is 3.83. The van der Waals surface area contributed by atoms with E-state index in [4.69, 9.17) is 4.42 Å². The Kier molecular flexibility index (Phi) is 4.61. The van der Waals surface area contributed by atoms with E-state index in [1.807, 2.05) is 30.5 Å². The molecule has 0 radical (unpaired) electrons. The number of benzene rings is 1. The lowest BCUT2D eigenvalue weighted by molar-refractivity contribution is 0.172. The average Bonchev–Trinajstić information content (AvgIpc) is 2.94. The first-order chi connectivity index (χ1) is 10.7. The van der Waals surface area contributed by atoms with Gasteiger partial charge in [-0.3, -0.25) is 4.90 Å². The minimum absolute atomic E-state index is 0.207. The molecular weight excluding hydrogens is 274 g/mol. The number of nitrogens with zero attached hydrogens (tertiary/aromatic N) is 2. The van der Waals surface area contributed by atoms with Gasteiger partial charge in [-0.25, -0.2) is 0 Å². The van der Waals surface area contributed by atoms with E-state index < -0.39 is 0 Å². The summed E-state index contributed by atoms with van der Waals surface area (Å²) in [5.74, 6) is 1.00. The van der Waals surface area contributed by atoms with Gasteiger partial charge in [-0.05, 0) is 44.6 Å². The number of nitrogens with one attached hydrogen (secondary N) is 1. The zero-order valence-corrected chi connectivity index (χ0v) is 13.2. The van der Waals surface area contributed by atoms with Crippen LogP contribution in [0.15, 0.2) is 59.2 Å². The Morgan fingerprint density at radius 3 is 2.73 bits per heavy atom. The molecule has 1 N–H and O–H groups in total. The Balaban J connectivity index is 1.75. The van der Waals surface area contributed by atoms with Crippen molar-refractivity contribution in [2.45, 2.75) is 12.7 Å². The Hall–Kier alpha value is -2.04. The summed E-state index contributed by atoms with van der Waals surface area (Å²) in [4.78, 5) is 4.59. The predicted molar refractivity (Wildman–Crippen MR) is 90.4 cm³/mol. The van der Waals surface area contributed by atoms with Crippen LogP contribution >= 0.6 is 0 Å². The molecule has 0 aliphatic carbocycles. The quantitative estimate of drug-likeness (QED) is 0.888. The Morgan fingerprint density at radius 2 is 2.00 bits per heavy atom. The first-order valence-corrected chi connectivity index (χ1v) is 7.68. The minimum Gasteiger partial charge on any atom is -0.460 e. The van der Waals surface area contributed by atoms with Gasteiger partial charge >= 0.3 is 0 Å². The van der Waals surface area contributed by atoms with E-state index in [9.17, 15) is 0 Å². The van der Waals surface area contributed by atoms with Crippen LogP contribution in [0.2, 0.25) is 0 Å². The summed E-state index contributed by atoms with van der Waals surface area (Å²) in [5.41, 5.74) is 0.956. The van der Waals surface area contributed by atoms with Crippen LogP contribution in [0.5, 0.6) is 0 Å². The van der Waals surface area contributed by atoms with Crippen LogP contribution in [0.3, 0.4) is 0 Å². The van der Waals surface area contributed by atoms with Crippen molar-refractivity contribution in [3.63, 3.8) is 0 Å². The van der Waals surface area contributed by atoms with Gasteiger partial charge < -0.3 is 14.6 Å². The number of para-hydroxylation sites is 1. The normalized spacial score (nSPS) is 17.5. The monoisotopic (exact) mass is 297 g/mol. The highest BCUT2D eigenvalue weighted by molar-refractivity contribution is 5.77. The van der Waals surface area contributed by atoms with Gasteiger partial charge in [-0.1, -0.05) is 24.3 Å². The summed E-state index contributed by atoms with van der Waals surface area (Å²) >= 11 is 0. The lowest BCUT2D eigenvalue weighted by Crippen LogP contribution is -2.45. The van der Waals surface area contributed by atoms with Crippen LogP contribution in [0.25, 0.3) is 11.0 Å². The highest BCUT2D eigenvalue weighted by Gasteiger charge is 2.18. The Labute approximate surface area is 131 Å². The molecular formula is C18H23N3O. The molecule has 0 amide bonds. The summed E-state index contributed by atoms with van der Waals surface area (Å²) in [6, 6.07) is 10.3. The fourth-order valence-electron chi connectivity index (χ4n) is 2.62. The molecule has 0 spiro atoms. The highest BCUT2D eigenvalue weighted by Crippen LogP contribution is 2.20. The second-order valence-corrected chi connectivity index (χ2v) is 5.88. The van der Waals surface area contributed by atoms with Gasteiger partial charge in [0.2, 0.25) is 0 Å². The average molecular weight is 297 g/mol. The van der Waals surface area contributed by atoms with Gasteiger partial charge in [-0.2, -0.15) is 0 Å². The lowest BCUT2D eigenvalue weighted by Gasteiger charge is -2.31. The summed E-state index contributed by atoms with van der Waals surface area (Å²) in [7, 11) is 4.20. The van der Waals surface area contributed by atoms with E-state index in [1.165, 1.54) is 0 Å². The van der Waals surface area contributed by atoms with Crippen LogP contribution in [-0.4, -0.2) is 43.2 Å². The van der Waals surface area contributed by atoms with Crippen LogP contribution in [0.1, 0.15) is 5.76 Å². The SMILES string of the molecule is CN(C)CCN(Cc1cc2ccccc2o1)C1C=CC=CN1. The fraction of sp³-hybridized carbons (Fsp3) is 0.333. The summed E-state index contributed by atoms with van der Waals surface area (Å²) in [6.45, 7) is 2.77. The van der Waals surface area contributed by atoms with Crippen molar-refractivity contribution in [3.05, 3.63) is 60.5 Å². The van der Waals surface area contributed by atoms with Crippen molar-refractivity contribution < 1.29 is 4.42 Å². The molecule has 4 heteroatoms. The number of likely N-dealkylation sites (N-methyl/N-ethyl adjacent to an activating group) is 1. The van der Waals surface area contributed by atoms with Crippen LogP contribution in [0.4, 0.5) is 0 Å². The number of allylic oxidation sites excluding steroid dienone is 2. The van der Waals surface area contributed by atoms with Crippen molar-refractivity contribution in [1.29, 1.82) is 0 Å². The van der Waals surface area contributed by atoms with Gasteiger partial charge in [0.15, 0.2) is 0 Å². The van der Waals surface area contributed by atoms with Gasteiger partial charge in [0.1, 0.15) is 11.3 Å². The standard InChI is InChI=1S/C18H23N3O/c1-20(2)11-12-21(18-9-5-6-10-19-18)14-16-13-15-7-3-4-8-17(15)22-16/h3-10,13,18-19H,11-12,14H2,1-2H3. The molecule has 22 heavy (non-hydrogen) atoms. The molecule has 0 bridgehead atoms. The van der Waals surface area contributed by atoms with E-state index in [-0.39, 0.29) is 6.17 Å². The summed E-state index contributed by atoms with van der Waals surface area (Å²) in [6.07, 6.45) is 8.48. The maximum atomic E-state index is 5.97. The maximum Gasteiger partial charge on any atom is 0.134 e. The number of hydrogen-bond donors (Lipinski definition) is 1. The minimum atomic E-state index is 0.207. The van der Waals surface area contributed by atoms with E-state index >= 15 is 0 Å². The first-order valence-electron chi connectivity index (χ1n) is 7.68. The summed E-state index contributed by atoms with van der Waals surface area (Å²) < 4.78 is 5.97. The molecule has 116 valence electrons. The van der Waals surface area contributed by atoms with Gasteiger partial charge in [0.25, 0.3) is 0 Å². The molecule has 1 aromatic heterocycles. The molecule has 1 atom stereocenters. The van der Waals surface area contributed by atoms with Gasteiger partial charge in [0, 0.05) is 18.5 Å². The van der Waals surface area contributed by atoms with E-state index in [1.54, 1.807) is 0 Å². The topological polar surface area (TPSA) is 31.6 Å². The molecule has 0 saturated carbocycles. The van der Waals surface area contributed by atoms with E-state index in [0.29, 0.717) is 0 Å². The maximum absolute atomic E-state index is 5.97. The second kappa shape index (κ2) is 6.81. The molecule has 0 fully saturated rings. The van der Waals surface area contributed by atoms with Crippen molar-refractivity contribution >= 4 is 11.0 Å². The van der Waals surface area contributed by atoms with Crippen LogP contribution in [-0.2, 0) is 6.54 Å². The molecule has 4 nitrogen and oxygen atoms in total. The van der Waals surface area contributed by atoms with Gasteiger partial charge in [0.05, 0.1) is 12.7 Å². The van der Waals surface area contributed by atoms with Crippen LogP contribution in [0, 0.1) is 0 Å². The van der Waals surface area contributed by atoms with E-state index in [0.717, 1.165) is 36.4 Å². The lowest BCUT2D eigenvalue weighted by atomic mass is 10.2. The number of furan rings is 1. The third-order valence-corrected chi connectivity index (χ3v) is 3.83. The highest BCUT2D eigenvalue weighted by atomic mass is 16.3. The number of fused-ring (bicyclic) bond motifs is 1. The van der Waals surface area contributed by atoms with Crippen LogP contribution < -0.4 is 5.32 Å². The molecule has 1 aliphatic heterocycles. The van der Waals surface area contributed by atoms with Crippen molar-refractivity contribution in [3.8, 4) is 0 Å². The smallest absolute Gasteiger partial charge is 0.134 e. The fourth-order valence-corrected chi connectivity index (χ4v) is 2.62. The zero-order valence-electron chi connectivity index (χ0n) is 13.2. The first kappa shape index (κ1) is 14.9. The van der Waals surface area contributed by atoms with Gasteiger partial charge in [-0.15, -0.1) is 0 Å². The zero-order chi connectivity index (χ0) is 15.4. The Bertz CT molecular complexity index is 639. The molecule has 0 saturated heterocycles. The number of hydrogen-bond acceptors (Lipinski definition) is 4. The number of dihydropyridines is 1. The predicted octanol–water partition coefficient (Wildman–Crippen LogP) is 2.80. The third kappa shape index (κ3) is 3.59. The molecule has 1 aliphatic rings. The van der Waals surface area contributed by atoms with E-state index in [2.05, 4.69) is 53.5 Å². The Morgan fingerprint density at radius 1 is 1.14 bits per heavy atom.